The standard InChI is InChI=1S/C7H11NO/c9-7-5-8-3-1-2-6(7)4-8/h6H,1-5H2/t6-/m0/s1. The average Bonchev–Trinajstić information content (AvgIpc) is 2.09. The summed E-state index contributed by atoms with van der Waals surface area (Å²) in [7, 11) is 0. The zero-order chi connectivity index (χ0) is 6.27. The minimum absolute atomic E-state index is 0.416. The summed E-state index contributed by atoms with van der Waals surface area (Å²) >= 11 is 0. The molecule has 2 heterocycles. The predicted molar refractivity (Wildman–Crippen MR) is 34.2 cm³/mol. The van der Waals surface area contributed by atoms with Crippen LogP contribution in [0.3, 0.4) is 0 Å². The largest absolute Gasteiger partial charge is 0.298 e. The van der Waals surface area contributed by atoms with Gasteiger partial charge < -0.3 is 0 Å². The fourth-order valence-electron chi connectivity index (χ4n) is 1.81. The van der Waals surface area contributed by atoms with Crippen molar-refractivity contribution in [3.8, 4) is 0 Å². The molecular weight excluding hydrogens is 114 g/mol. The quantitative estimate of drug-likeness (QED) is 0.463. The summed E-state index contributed by atoms with van der Waals surface area (Å²) in [4.78, 5) is 13.3. The summed E-state index contributed by atoms with van der Waals surface area (Å²) in [5.74, 6) is 0.895. The van der Waals surface area contributed by atoms with Crippen molar-refractivity contribution in [1.82, 2.24) is 4.90 Å². The van der Waals surface area contributed by atoms with Crippen LogP contribution >= 0.6 is 0 Å². The van der Waals surface area contributed by atoms with E-state index in [0.717, 1.165) is 26.1 Å². The summed E-state index contributed by atoms with van der Waals surface area (Å²) in [6, 6.07) is 0. The Morgan fingerprint density at radius 2 is 2.44 bits per heavy atom. The molecule has 2 aliphatic heterocycles. The maximum Gasteiger partial charge on any atom is 0.151 e. The third kappa shape index (κ3) is 0.778. The van der Waals surface area contributed by atoms with Gasteiger partial charge in [0.15, 0.2) is 5.78 Å². The molecule has 0 aromatic rings. The summed E-state index contributed by atoms with van der Waals surface area (Å²) in [5.41, 5.74) is 0. The third-order valence-electron chi connectivity index (χ3n) is 2.34. The predicted octanol–water partition coefficient (Wildman–Crippen LogP) is 0.281. The van der Waals surface area contributed by atoms with Gasteiger partial charge in [-0.25, -0.2) is 0 Å². The van der Waals surface area contributed by atoms with E-state index in [0.29, 0.717) is 11.7 Å². The number of Topliss-reactive ketones (excluding diaryl/α,β-unsaturated/α-hetero) is 1. The molecule has 2 saturated heterocycles. The molecule has 2 heteroatoms. The second kappa shape index (κ2) is 1.81. The van der Waals surface area contributed by atoms with Crippen molar-refractivity contribution in [2.75, 3.05) is 19.6 Å². The van der Waals surface area contributed by atoms with E-state index >= 15 is 0 Å². The van der Waals surface area contributed by atoms with Crippen molar-refractivity contribution in [2.24, 2.45) is 5.92 Å². The monoisotopic (exact) mass is 125 g/mol. The molecule has 50 valence electrons. The van der Waals surface area contributed by atoms with Gasteiger partial charge in [-0.2, -0.15) is 0 Å². The van der Waals surface area contributed by atoms with Gasteiger partial charge in [-0.05, 0) is 19.4 Å². The number of hydrogen-bond donors (Lipinski definition) is 0. The van der Waals surface area contributed by atoms with E-state index < -0.39 is 0 Å². The van der Waals surface area contributed by atoms with Crippen LogP contribution in [0.2, 0.25) is 0 Å². The molecule has 1 unspecified atom stereocenters. The number of carbonyl (C=O) groups excluding carboxylic acids is 1. The van der Waals surface area contributed by atoms with E-state index in [2.05, 4.69) is 4.90 Å². The Kier molecular flexibility index (Phi) is 1.09. The van der Waals surface area contributed by atoms with Crippen LogP contribution in [0, 0.1) is 5.92 Å². The smallest absolute Gasteiger partial charge is 0.151 e. The second-order valence-electron chi connectivity index (χ2n) is 3.04. The minimum Gasteiger partial charge on any atom is -0.298 e. The molecule has 0 spiro atoms. The number of hydrogen-bond acceptors (Lipinski definition) is 2. The highest BCUT2D eigenvalue weighted by atomic mass is 16.1. The lowest BCUT2D eigenvalue weighted by Crippen LogP contribution is -2.25. The molecule has 2 fully saturated rings. The van der Waals surface area contributed by atoms with Crippen molar-refractivity contribution in [1.29, 1.82) is 0 Å². The van der Waals surface area contributed by atoms with Crippen LogP contribution in [0.5, 0.6) is 0 Å². The molecule has 0 radical (unpaired) electrons. The SMILES string of the molecule is O=C1CN2CCC[C@H]1C2. The molecule has 2 atom stereocenters. The highest BCUT2D eigenvalue weighted by molar-refractivity contribution is 5.85. The van der Waals surface area contributed by atoms with Crippen molar-refractivity contribution < 1.29 is 4.79 Å². The molecule has 0 aliphatic carbocycles. The van der Waals surface area contributed by atoms with Gasteiger partial charge >= 0.3 is 0 Å². The summed E-state index contributed by atoms with van der Waals surface area (Å²) in [5, 5.41) is 0. The number of ketones is 1. The van der Waals surface area contributed by atoms with E-state index in [1.807, 2.05) is 0 Å². The summed E-state index contributed by atoms with van der Waals surface area (Å²) in [6.45, 7) is 2.95. The van der Waals surface area contributed by atoms with Crippen molar-refractivity contribution >= 4 is 5.78 Å². The lowest BCUT2D eigenvalue weighted by atomic mass is 10.0. The lowest BCUT2D eigenvalue weighted by molar-refractivity contribution is -0.119. The van der Waals surface area contributed by atoms with Crippen molar-refractivity contribution in [2.45, 2.75) is 12.8 Å². The number of rotatable bonds is 0. The Hall–Kier alpha value is -0.370. The van der Waals surface area contributed by atoms with Crippen LogP contribution in [-0.4, -0.2) is 30.3 Å². The van der Waals surface area contributed by atoms with Crippen LogP contribution in [0.25, 0.3) is 0 Å². The van der Waals surface area contributed by atoms with Gasteiger partial charge in [-0.1, -0.05) is 0 Å². The Morgan fingerprint density at radius 3 is 3.11 bits per heavy atom. The van der Waals surface area contributed by atoms with Gasteiger partial charge in [0.1, 0.15) is 0 Å². The van der Waals surface area contributed by atoms with Gasteiger partial charge in [0.25, 0.3) is 0 Å². The lowest BCUT2D eigenvalue weighted by Gasteiger charge is -2.19. The van der Waals surface area contributed by atoms with E-state index in [-0.39, 0.29) is 0 Å². The van der Waals surface area contributed by atoms with Crippen molar-refractivity contribution in [3.63, 3.8) is 0 Å². The first-order chi connectivity index (χ1) is 4.36. The number of carbonyl (C=O) groups is 1. The molecule has 9 heavy (non-hydrogen) atoms. The maximum atomic E-state index is 11.0. The van der Waals surface area contributed by atoms with E-state index in [4.69, 9.17) is 0 Å². The first-order valence-corrected chi connectivity index (χ1v) is 3.61. The highest BCUT2D eigenvalue weighted by Crippen LogP contribution is 2.23. The van der Waals surface area contributed by atoms with E-state index in [1.165, 1.54) is 6.42 Å². The molecule has 0 aromatic carbocycles. The number of nitrogens with zero attached hydrogens (tertiary/aromatic N) is 1. The molecule has 0 saturated carbocycles. The van der Waals surface area contributed by atoms with E-state index in [1.54, 1.807) is 0 Å². The van der Waals surface area contributed by atoms with Crippen LogP contribution in [0.15, 0.2) is 0 Å². The maximum absolute atomic E-state index is 11.0. The molecule has 2 aliphatic rings. The van der Waals surface area contributed by atoms with Gasteiger partial charge in [-0.15, -0.1) is 0 Å². The normalized spacial score (nSPS) is 41.6. The fourth-order valence-corrected chi connectivity index (χ4v) is 1.81. The van der Waals surface area contributed by atoms with Crippen molar-refractivity contribution in [3.05, 3.63) is 0 Å². The van der Waals surface area contributed by atoms with Crippen LogP contribution in [0.4, 0.5) is 0 Å². The Bertz CT molecular complexity index is 144. The first-order valence-electron chi connectivity index (χ1n) is 3.61. The summed E-state index contributed by atoms with van der Waals surface area (Å²) in [6.07, 6.45) is 2.38. The molecule has 0 N–H and O–H groups in total. The molecule has 0 aromatic heterocycles. The zero-order valence-corrected chi connectivity index (χ0v) is 5.47. The summed E-state index contributed by atoms with van der Waals surface area (Å²) < 4.78 is 0. The zero-order valence-electron chi connectivity index (χ0n) is 5.47. The number of piperidine rings is 1. The third-order valence-corrected chi connectivity index (χ3v) is 2.34. The van der Waals surface area contributed by atoms with Crippen LogP contribution < -0.4 is 0 Å². The number of fused-ring (bicyclic) bond motifs is 2. The fraction of sp³-hybridized carbons (Fsp3) is 0.857. The first kappa shape index (κ1) is 5.42. The molecule has 2 bridgehead atoms. The molecule has 0 amide bonds. The Morgan fingerprint density at radius 1 is 1.56 bits per heavy atom. The average molecular weight is 125 g/mol. The van der Waals surface area contributed by atoms with Gasteiger partial charge in [-0.3, -0.25) is 9.69 Å². The van der Waals surface area contributed by atoms with Gasteiger partial charge in [0.05, 0.1) is 6.54 Å². The Labute approximate surface area is 54.8 Å². The Balaban J connectivity index is 2.15. The van der Waals surface area contributed by atoms with Crippen LogP contribution in [0.1, 0.15) is 12.8 Å². The second-order valence-corrected chi connectivity index (χ2v) is 3.04. The van der Waals surface area contributed by atoms with Gasteiger partial charge in [0.2, 0.25) is 0 Å². The molecule has 2 nitrogen and oxygen atoms in total. The van der Waals surface area contributed by atoms with Crippen LogP contribution in [-0.2, 0) is 4.79 Å². The topological polar surface area (TPSA) is 20.3 Å². The molecular formula is C7H11NO. The van der Waals surface area contributed by atoms with Gasteiger partial charge in [0, 0.05) is 12.5 Å². The minimum atomic E-state index is 0.416. The molecule has 2 rings (SSSR count). The highest BCUT2D eigenvalue weighted by Gasteiger charge is 2.33. The van der Waals surface area contributed by atoms with E-state index in [9.17, 15) is 4.79 Å².